The van der Waals surface area contributed by atoms with E-state index in [2.05, 4.69) is 20.0 Å². The summed E-state index contributed by atoms with van der Waals surface area (Å²) in [4.78, 5) is 23.6. The molecule has 9 heteroatoms. The Labute approximate surface area is 216 Å². The standard InChI is InChI=1S/C28H34F2N4O3/c1-27(29,30)37-22-4-2-21(3-5-22)36-15-25(35)34-7-6-23-24(14-34)32-17-33-26(23)31-16-28-11-18-8-19(12-28)10-20(9-18)13-28/h2-5,17-20H,6-16H2,1H3,(H,31,32,33). The molecule has 37 heavy (non-hydrogen) atoms. The van der Waals surface area contributed by atoms with Gasteiger partial charge >= 0.3 is 6.11 Å². The molecule has 4 aliphatic carbocycles. The number of fused-ring (bicyclic) bond motifs is 1. The molecule has 2 aromatic rings. The Balaban J connectivity index is 1.04. The zero-order valence-electron chi connectivity index (χ0n) is 21.2. The molecule has 4 bridgehead atoms. The van der Waals surface area contributed by atoms with Crippen LogP contribution in [-0.4, -0.2) is 46.6 Å². The van der Waals surface area contributed by atoms with Crippen LogP contribution in [0.2, 0.25) is 0 Å². The van der Waals surface area contributed by atoms with Crippen LogP contribution in [-0.2, 0) is 17.8 Å². The lowest BCUT2D eigenvalue weighted by Crippen LogP contribution is -2.49. The molecule has 198 valence electrons. The van der Waals surface area contributed by atoms with Gasteiger partial charge in [0.25, 0.3) is 5.91 Å². The van der Waals surface area contributed by atoms with Crippen molar-refractivity contribution in [2.45, 2.75) is 64.5 Å². The van der Waals surface area contributed by atoms with Gasteiger partial charge in [0, 0.05) is 25.6 Å². The molecule has 1 aromatic heterocycles. The number of nitrogens with zero attached hydrogens (tertiary/aromatic N) is 3. The van der Waals surface area contributed by atoms with Crippen molar-refractivity contribution in [1.82, 2.24) is 14.9 Å². The van der Waals surface area contributed by atoms with Crippen LogP contribution in [0.5, 0.6) is 11.5 Å². The SMILES string of the molecule is CC(F)(F)Oc1ccc(OCC(=O)N2CCc3c(ncnc3NCC34CC5CC(CC(C5)C3)C4)C2)cc1. The molecule has 4 saturated carbocycles. The summed E-state index contributed by atoms with van der Waals surface area (Å²) < 4.78 is 36.1. The number of nitrogens with one attached hydrogen (secondary N) is 1. The lowest BCUT2D eigenvalue weighted by molar-refractivity contribution is -0.158. The number of aromatic nitrogens is 2. The monoisotopic (exact) mass is 512 g/mol. The van der Waals surface area contributed by atoms with Crippen LogP contribution in [0, 0.1) is 23.2 Å². The molecular formula is C28H34F2N4O3. The van der Waals surface area contributed by atoms with Crippen molar-refractivity contribution in [2.24, 2.45) is 23.2 Å². The van der Waals surface area contributed by atoms with Crippen molar-refractivity contribution >= 4 is 11.7 Å². The second-order valence-corrected chi connectivity index (χ2v) is 11.7. The van der Waals surface area contributed by atoms with Crippen molar-refractivity contribution in [3.05, 3.63) is 41.9 Å². The predicted octanol–water partition coefficient (Wildman–Crippen LogP) is 5.06. The van der Waals surface area contributed by atoms with Gasteiger partial charge in [-0.15, -0.1) is 0 Å². The Morgan fingerprint density at radius 3 is 2.38 bits per heavy atom. The number of alkyl halides is 2. The Kier molecular flexibility index (Phi) is 6.19. The fraction of sp³-hybridized carbons (Fsp3) is 0.607. The number of halogens is 2. The zero-order valence-corrected chi connectivity index (χ0v) is 21.2. The Bertz CT molecular complexity index is 1120. The summed E-state index contributed by atoms with van der Waals surface area (Å²) in [5.41, 5.74) is 2.41. The molecule has 1 aliphatic heterocycles. The molecule has 0 saturated heterocycles. The van der Waals surface area contributed by atoms with E-state index in [9.17, 15) is 13.6 Å². The summed E-state index contributed by atoms with van der Waals surface area (Å²) >= 11 is 0. The minimum absolute atomic E-state index is 0.0334. The van der Waals surface area contributed by atoms with E-state index < -0.39 is 6.11 Å². The number of hydrogen-bond acceptors (Lipinski definition) is 6. The second-order valence-electron chi connectivity index (χ2n) is 11.7. The summed E-state index contributed by atoms with van der Waals surface area (Å²) in [5.74, 6) is 3.98. The van der Waals surface area contributed by atoms with E-state index in [1.54, 1.807) is 11.2 Å². The van der Waals surface area contributed by atoms with E-state index in [4.69, 9.17) is 4.74 Å². The van der Waals surface area contributed by atoms with Crippen molar-refractivity contribution in [2.75, 3.05) is 25.0 Å². The van der Waals surface area contributed by atoms with Crippen molar-refractivity contribution in [3.63, 3.8) is 0 Å². The fourth-order valence-corrected chi connectivity index (χ4v) is 7.54. The number of carbonyl (C=O) groups excluding carboxylic acids is 1. The molecule has 0 radical (unpaired) electrons. The van der Waals surface area contributed by atoms with Gasteiger partial charge in [-0.05, 0) is 92.4 Å². The minimum Gasteiger partial charge on any atom is -0.484 e. The summed E-state index contributed by atoms with van der Waals surface area (Å²) in [6, 6.07) is 5.80. The first kappa shape index (κ1) is 24.4. The van der Waals surface area contributed by atoms with Crippen LogP contribution in [0.15, 0.2) is 30.6 Å². The summed E-state index contributed by atoms with van der Waals surface area (Å²) in [6.45, 7) is 2.52. The highest BCUT2D eigenvalue weighted by molar-refractivity contribution is 5.78. The first-order valence-electron chi connectivity index (χ1n) is 13.4. The maximum Gasteiger partial charge on any atom is 0.394 e. The number of benzene rings is 1. The average Bonchev–Trinajstić information content (AvgIpc) is 2.85. The van der Waals surface area contributed by atoms with E-state index in [-0.39, 0.29) is 18.3 Å². The smallest absolute Gasteiger partial charge is 0.394 e. The number of hydrogen-bond donors (Lipinski definition) is 1. The Morgan fingerprint density at radius 2 is 1.73 bits per heavy atom. The molecular weight excluding hydrogens is 478 g/mol. The van der Waals surface area contributed by atoms with Crippen LogP contribution < -0.4 is 14.8 Å². The molecule has 4 fully saturated rings. The second kappa shape index (κ2) is 9.40. The van der Waals surface area contributed by atoms with E-state index in [1.165, 1.54) is 62.8 Å². The predicted molar refractivity (Wildman–Crippen MR) is 133 cm³/mol. The quantitative estimate of drug-likeness (QED) is 0.533. The lowest BCUT2D eigenvalue weighted by atomic mass is 9.49. The Morgan fingerprint density at radius 1 is 1.08 bits per heavy atom. The molecule has 1 aromatic carbocycles. The van der Waals surface area contributed by atoms with Gasteiger partial charge in [0.2, 0.25) is 0 Å². The molecule has 2 heterocycles. The molecule has 0 spiro atoms. The van der Waals surface area contributed by atoms with Gasteiger partial charge in [0.1, 0.15) is 23.6 Å². The highest BCUT2D eigenvalue weighted by Gasteiger charge is 2.50. The molecule has 0 atom stereocenters. The van der Waals surface area contributed by atoms with E-state index in [0.717, 1.165) is 41.4 Å². The largest absolute Gasteiger partial charge is 0.484 e. The van der Waals surface area contributed by atoms with E-state index >= 15 is 0 Å². The van der Waals surface area contributed by atoms with Crippen LogP contribution in [0.25, 0.3) is 0 Å². The maximum atomic E-state index is 13.0. The number of rotatable bonds is 8. The molecule has 1 N–H and O–H groups in total. The number of carbonyl (C=O) groups is 1. The van der Waals surface area contributed by atoms with Crippen LogP contribution in [0.3, 0.4) is 0 Å². The van der Waals surface area contributed by atoms with Crippen LogP contribution >= 0.6 is 0 Å². The third-order valence-corrected chi connectivity index (χ3v) is 8.64. The number of ether oxygens (including phenoxy) is 2. The van der Waals surface area contributed by atoms with Crippen molar-refractivity contribution in [1.29, 1.82) is 0 Å². The van der Waals surface area contributed by atoms with Gasteiger partial charge in [-0.1, -0.05) is 0 Å². The normalized spacial score (nSPS) is 28.1. The summed E-state index contributed by atoms with van der Waals surface area (Å²) in [6.07, 6.45) is 7.40. The van der Waals surface area contributed by atoms with Gasteiger partial charge in [0.15, 0.2) is 6.61 Å². The van der Waals surface area contributed by atoms with Crippen LogP contribution in [0.1, 0.15) is 56.7 Å². The average molecular weight is 513 g/mol. The van der Waals surface area contributed by atoms with E-state index in [0.29, 0.717) is 37.6 Å². The first-order valence-corrected chi connectivity index (χ1v) is 13.4. The molecule has 5 aliphatic rings. The van der Waals surface area contributed by atoms with Gasteiger partial charge in [-0.3, -0.25) is 4.79 Å². The molecule has 7 rings (SSSR count). The van der Waals surface area contributed by atoms with E-state index in [1.807, 2.05) is 0 Å². The Hall–Kier alpha value is -2.97. The first-order chi connectivity index (χ1) is 17.7. The highest BCUT2D eigenvalue weighted by Crippen LogP contribution is 2.60. The maximum absolute atomic E-state index is 13.0. The van der Waals surface area contributed by atoms with Crippen LogP contribution in [0.4, 0.5) is 14.6 Å². The van der Waals surface area contributed by atoms with Gasteiger partial charge < -0.3 is 19.7 Å². The van der Waals surface area contributed by atoms with Crippen molar-refractivity contribution in [3.8, 4) is 11.5 Å². The minimum atomic E-state index is -3.25. The lowest BCUT2D eigenvalue weighted by Gasteiger charge is -2.57. The number of anilines is 1. The van der Waals surface area contributed by atoms with Gasteiger partial charge in [0.05, 0.1) is 12.2 Å². The highest BCUT2D eigenvalue weighted by atomic mass is 19.3. The van der Waals surface area contributed by atoms with Gasteiger partial charge in [-0.25, -0.2) is 9.97 Å². The molecule has 0 unspecified atom stereocenters. The molecule has 7 nitrogen and oxygen atoms in total. The topological polar surface area (TPSA) is 76.6 Å². The zero-order chi connectivity index (χ0) is 25.6. The summed E-state index contributed by atoms with van der Waals surface area (Å²) in [7, 11) is 0. The fourth-order valence-electron chi connectivity index (χ4n) is 7.54. The third kappa shape index (κ3) is 5.36. The van der Waals surface area contributed by atoms with Crippen molar-refractivity contribution < 1.29 is 23.0 Å². The van der Waals surface area contributed by atoms with Gasteiger partial charge in [-0.2, -0.15) is 8.78 Å². The summed E-state index contributed by atoms with van der Waals surface area (Å²) in [5, 5.41) is 3.70. The molecule has 1 amide bonds. The third-order valence-electron chi connectivity index (χ3n) is 8.64. The number of amides is 1.